The molecule has 0 bridgehead atoms. The Morgan fingerprint density at radius 3 is 2.79 bits per heavy atom. The molecule has 1 aliphatic rings. The number of rotatable bonds is 4. The summed E-state index contributed by atoms with van der Waals surface area (Å²) >= 11 is 1.25. The summed E-state index contributed by atoms with van der Waals surface area (Å²) in [7, 11) is -4.03. The van der Waals surface area contributed by atoms with E-state index in [4.69, 9.17) is 0 Å². The summed E-state index contributed by atoms with van der Waals surface area (Å²) in [5, 5.41) is 0.963. The molecule has 1 saturated carbocycles. The fourth-order valence-corrected chi connectivity index (χ4v) is 3.27. The molecule has 1 aliphatic carbocycles. The van der Waals surface area contributed by atoms with Gasteiger partial charge in [-0.15, -0.1) is 11.3 Å². The molecular formula is C11H10FN3O2S2. The Kier molecular flexibility index (Phi) is 2.98. The lowest BCUT2D eigenvalue weighted by atomic mass is 10.2. The zero-order valence-electron chi connectivity index (χ0n) is 9.71. The predicted molar refractivity (Wildman–Crippen MR) is 69.1 cm³/mol. The van der Waals surface area contributed by atoms with Crippen molar-refractivity contribution in [2.24, 2.45) is 0 Å². The van der Waals surface area contributed by atoms with Crippen LogP contribution < -0.4 is 4.72 Å². The fourth-order valence-electron chi connectivity index (χ4n) is 1.68. The van der Waals surface area contributed by atoms with Gasteiger partial charge in [-0.25, -0.2) is 14.4 Å². The highest BCUT2D eigenvalue weighted by atomic mass is 32.2. The molecule has 8 heteroatoms. The summed E-state index contributed by atoms with van der Waals surface area (Å²) in [5.74, 6) is -0.427. The molecule has 0 saturated heterocycles. The van der Waals surface area contributed by atoms with Gasteiger partial charge in [-0.3, -0.25) is 4.72 Å². The summed E-state index contributed by atoms with van der Waals surface area (Å²) in [6, 6.07) is 2.69. The molecule has 0 aromatic carbocycles. The Balaban J connectivity index is 1.97. The average molecular weight is 299 g/mol. The number of nitrogens with zero attached hydrogens (tertiary/aromatic N) is 2. The van der Waals surface area contributed by atoms with Crippen LogP contribution in [0.1, 0.15) is 24.5 Å². The van der Waals surface area contributed by atoms with E-state index in [1.165, 1.54) is 28.3 Å². The van der Waals surface area contributed by atoms with Crippen LogP contribution in [0, 0.1) is 5.82 Å². The molecule has 0 radical (unpaired) electrons. The first kappa shape index (κ1) is 12.5. The highest BCUT2D eigenvalue weighted by molar-refractivity contribution is 7.92. The van der Waals surface area contributed by atoms with Crippen molar-refractivity contribution < 1.29 is 12.8 Å². The van der Waals surface area contributed by atoms with Gasteiger partial charge in [-0.2, -0.15) is 8.42 Å². The third-order valence-corrected chi connectivity index (χ3v) is 4.62. The van der Waals surface area contributed by atoms with Gasteiger partial charge >= 0.3 is 0 Å². The number of halogens is 1. The highest BCUT2D eigenvalue weighted by Gasteiger charge is 2.29. The van der Waals surface area contributed by atoms with E-state index in [0.29, 0.717) is 5.69 Å². The predicted octanol–water partition coefficient (Wildman–Crippen LogP) is 2.36. The Morgan fingerprint density at radius 1 is 1.37 bits per heavy atom. The van der Waals surface area contributed by atoms with Crippen LogP contribution in [0.5, 0.6) is 0 Å². The van der Waals surface area contributed by atoms with Gasteiger partial charge in [0, 0.05) is 17.0 Å². The van der Waals surface area contributed by atoms with Crippen molar-refractivity contribution in [2.45, 2.75) is 23.8 Å². The third kappa shape index (κ3) is 2.59. The average Bonchev–Trinajstić information content (AvgIpc) is 3.09. The maximum atomic E-state index is 13.7. The molecule has 2 heterocycles. The number of aromatic nitrogens is 2. The summed E-state index contributed by atoms with van der Waals surface area (Å²) in [6.07, 6.45) is 1.94. The second kappa shape index (κ2) is 4.53. The molecule has 0 unspecified atom stereocenters. The quantitative estimate of drug-likeness (QED) is 0.940. The summed E-state index contributed by atoms with van der Waals surface area (Å²) < 4.78 is 40.0. The van der Waals surface area contributed by atoms with Crippen LogP contribution in [-0.2, 0) is 10.0 Å². The van der Waals surface area contributed by atoms with Gasteiger partial charge in [0.05, 0.1) is 5.51 Å². The molecular weight excluding hydrogens is 289 g/mol. The van der Waals surface area contributed by atoms with Crippen LogP contribution in [-0.4, -0.2) is 18.4 Å². The highest BCUT2D eigenvalue weighted by Crippen LogP contribution is 2.39. The van der Waals surface area contributed by atoms with Crippen molar-refractivity contribution in [1.29, 1.82) is 0 Å². The molecule has 3 rings (SSSR count). The van der Waals surface area contributed by atoms with Crippen LogP contribution in [0.4, 0.5) is 10.2 Å². The van der Waals surface area contributed by atoms with Gasteiger partial charge in [0.1, 0.15) is 0 Å². The molecule has 100 valence electrons. The SMILES string of the molecule is O=S(=O)(Nc1cscn1)c1nc(C2CC2)ccc1F. The van der Waals surface area contributed by atoms with Crippen molar-refractivity contribution in [3.63, 3.8) is 0 Å². The minimum Gasteiger partial charge on any atom is -0.261 e. The molecule has 5 nitrogen and oxygen atoms in total. The van der Waals surface area contributed by atoms with E-state index < -0.39 is 20.9 Å². The van der Waals surface area contributed by atoms with E-state index in [-0.39, 0.29) is 11.7 Å². The first-order valence-corrected chi connectivity index (χ1v) is 8.06. The van der Waals surface area contributed by atoms with Crippen LogP contribution in [0.3, 0.4) is 0 Å². The van der Waals surface area contributed by atoms with E-state index in [1.807, 2.05) is 0 Å². The van der Waals surface area contributed by atoms with Gasteiger partial charge < -0.3 is 0 Å². The van der Waals surface area contributed by atoms with E-state index in [0.717, 1.165) is 18.9 Å². The second-order valence-electron chi connectivity index (χ2n) is 4.28. The van der Waals surface area contributed by atoms with Gasteiger partial charge in [-0.1, -0.05) is 0 Å². The molecule has 0 atom stereocenters. The molecule has 2 aromatic rings. The standard InChI is InChI=1S/C11H10FN3O2S2/c12-8-3-4-9(7-1-2-7)14-11(8)19(16,17)15-10-5-18-6-13-10/h3-7,15H,1-2H2. The van der Waals surface area contributed by atoms with Gasteiger partial charge in [0.2, 0.25) is 5.03 Å². The van der Waals surface area contributed by atoms with E-state index in [2.05, 4.69) is 14.7 Å². The number of anilines is 1. The van der Waals surface area contributed by atoms with E-state index in [1.54, 1.807) is 0 Å². The molecule has 1 N–H and O–H groups in total. The fraction of sp³-hybridized carbons (Fsp3) is 0.273. The number of hydrogen-bond acceptors (Lipinski definition) is 5. The lowest BCUT2D eigenvalue weighted by Gasteiger charge is -2.07. The minimum atomic E-state index is -4.03. The molecule has 1 fully saturated rings. The normalized spacial score (nSPS) is 15.4. The summed E-state index contributed by atoms with van der Waals surface area (Å²) in [5.41, 5.74) is 2.11. The third-order valence-electron chi connectivity index (χ3n) is 2.76. The molecule has 19 heavy (non-hydrogen) atoms. The zero-order valence-corrected chi connectivity index (χ0v) is 11.3. The Bertz CT molecular complexity index is 697. The second-order valence-corrected chi connectivity index (χ2v) is 6.59. The number of nitrogens with one attached hydrogen (secondary N) is 1. The van der Waals surface area contributed by atoms with Crippen molar-refractivity contribution in [1.82, 2.24) is 9.97 Å². The van der Waals surface area contributed by atoms with Crippen LogP contribution in [0.25, 0.3) is 0 Å². The lowest BCUT2D eigenvalue weighted by molar-refractivity contribution is 0.553. The van der Waals surface area contributed by atoms with Crippen molar-refractivity contribution in [3.05, 3.63) is 34.5 Å². The summed E-state index contributed by atoms with van der Waals surface area (Å²) in [6.45, 7) is 0. The van der Waals surface area contributed by atoms with Crippen molar-refractivity contribution in [2.75, 3.05) is 4.72 Å². The number of pyridine rings is 1. The minimum absolute atomic E-state index is 0.169. The molecule has 0 spiro atoms. The van der Waals surface area contributed by atoms with Gasteiger partial charge in [0.15, 0.2) is 11.6 Å². The van der Waals surface area contributed by atoms with Crippen molar-refractivity contribution >= 4 is 27.2 Å². The topological polar surface area (TPSA) is 72.0 Å². The van der Waals surface area contributed by atoms with Gasteiger partial charge in [0.25, 0.3) is 10.0 Å². The number of thiazole rings is 1. The zero-order chi connectivity index (χ0) is 13.5. The van der Waals surface area contributed by atoms with Crippen LogP contribution in [0.2, 0.25) is 0 Å². The maximum absolute atomic E-state index is 13.7. The molecule has 0 amide bonds. The molecule has 0 aliphatic heterocycles. The Labute approximate surface area is 113 Å². The molecule has 2 aromatic heterocycles. The lowest BCUT2D eigenvalue weighted by Crippen LogP contribution is -2.17. The first-order chi connectivity index (χ1) is 9.06. The van der Waals surface area contributed by atoms with Crippen molar-refractivity contribution in [3.8, 4) is 0 Å². The number of hydrogen-bond donors (Lipinski definition) is 1. The Hall–Kier alpha value is -1.54. The largest absolute Gasteiger partial charge is 0.283 e. The van der Waals surface area contributed by atoms with Gasteiger partial charge in [-0.05, 0) is 25.0 Å². The van der Waals surface area contributed by atoms with Crippen LogP contribution >= 0.6 is 11.3 Å². The van der Waals surface area contributed by atoms with E-state index in [9.17, 15) is 12.8 Å². The summed E-state index contributed by atoms with van der Waals surface area (Å²) in [4.78, 5) is 7.74. The van der Waals surface area contributed by atoms with Crippen LogP contribution in [0.15, 0.2) is 28.0 Å². The monoisotopic (exact) mass is 299 g/mol. The Morgan fingerprint density at radius 2 is 2.16 bits per heavy atom. The first-order valence-electron chi connectivity index (χ1n) is 5.64. The maximum Gasteiger partial charge on any atom is 0.283 e. The van der Waals surface area contributed by atoms with E-state index >= 15 is 0 Å². The smallest absolute Gasteiger partial charge is 0.261 e. The number of sulfonamides is 1.